The molecule has 100 valence electrons. The topological polar surface area (TPSA) is 40.8 Å². The lowest BCUT2D eigenvalue weighted by atomic mass is 10.1. The molecule has 0 atom stereocenters. The van der Waals surface area contributed by atoms with Crippen LogP contribution in [0, 0.1) is 0 Å². The molecule has 1 aromatic carbocycles. The molecule has 1 aromatic heterocycles. The summed E-state index contributed by atoms with van der Waals surface area (Å²) >= 11 is 0. The van der Waals surface area contributed by atoms with Crippen molar-refractivity contribution in [3.63, 3.8) is 0 Å². The van der Waals surface area contributed by atoms with Crippen LogP contribution in [0.4, 0.5) is 0 Å². The van der Waals surface area contributed by atoms with Crippen molar-refractivity contribution in [2.75, 3.05) is 21.3 Å². The van der Waals surface area contributed by atoms with E-state index in [0.717, 1.165) is 11.1 Å². The third-order valence-corrected chi connectivity index (χ3v) is 2.70. The van der Waals surface area contributed by atoms with Gasteiger partial charge in [0.2, 0.25) is 5.75 Å². The number of furan rings is 1. The van der Waals surface area contributed by atoms with Gasteiger partial charge in [0.15, 0.2) is 11.5 Å². The molecule has 1 heterocycles. The van der Waals surface area contributed by atoms with Gasteiger partial charge in [0.25, 0.3) is 0 Å². The zero-order valence-electron chi connectivity index (χ0n) is 11.2. The molecule has 4 heteroatoms. The highest BCUT2D eigenvalue weighted by Crippen LogP contribution is 2.38. The standard InChI is InChI=1S/C15H16O4/c1-16-13-8-12(5-4-11-6-7-19-10-11)9-14(17-2)15(13)18-3/h4-10H,1-3H3/b5-4-. The van der Waals surface area contributed by atoms with Crippen molar-refractivity contribution in [3.05, 3.63) is 41.9 Å². The van der Waals surface area contributed by atoms with Crippen molar-refractivity contribution < 1.29 is 18.6 Å². The van der Waals surface area contributed by atoms with Crippen LogP contribution in [-0.4, -0.2) is 21.3 Å². The van der Waals surface area contributed by atoms with Crippen molar-refractivity contribution in [1.82, 2.24) is 0 Å². The zero-order valence-corrected chi connectivity index (χ0v) is 11.2. The molecule has 0 amide bonds. The van der Waals surface area contributed by atoms with Crippen LogP contribution in [0.1, 0.15) is 11.1 Å². The monoisotopic (exact) mass is 260 g/mol. The molecule has 0 N–H and O–H groups in total. The zero-order chi connectivity index (χ0) is 13.7. The third-order valence-electron chi connectivity index (χ3n) is 2.70. The first kappa shape index (κ1) is 13.1. The summed E-state index contributed by atoms with van der Waals surface area (Å²) in [6, 6.07) is 5.66. The van der Waals surface area contributed by atoms with Crippen molar-refractivity contribution >= 4 is 12.2 Å². The smallest absolute Gasteiger partial charge is 0.203 e. The van der Waals surface area contributed by atoms with Gasteiger partial charge in [-0.1, -0.05) is 12.2 Å². The summed E-state index contributed by atoms with van der Waals surface area (Å²) in [4.78, 5) is 0. The van der Waals surface area contributed by atoms with Gasteiger partial charge in [0.05, 0.1) is 33.9 Å². The first-order valence-corrected chi connectivity index (χ1v) is 5.78. The summed E-state index contributed by atoms with van der Waals surface area (Å²) in [5, 5.41) is 0. The van der Waals surface area contributed by atoms with Crippen molar-refractivity contribution in [1.29, 1.82) is 0 Å². The molecule has 0 aliphatic heterocycles. The molecule has 0 aliphatic rings. The number of benzene rings is 1. The van der Waals surface area contributed by atoms with E-state index in [9.17, 15) is 0 Å². The Balaban J connectivity index is 2.36. The Morgan fingerprint density at radius 2 is 1.53 bits per heavy atom. The molecule has 19 heavy (non-hydrogen) atoms. The summed E-state index contributed by atoms with van der Waals surface area (Å²) in [6.07, 6.45) is 7.21. The van der Waals surface area contributed by atoms with Gasteiger partial charge in [-0.3, -0.25) is 0 Å². The van der Waals surface area contributed by atoms with Crippen LogP contribution in [0.2, 0.25) is 0 Å². The van der Waals surface area contributed by atoms with Gasteiger partial charge in [-0.05, 0) is 23.8 Å². The van der Waals surface area contributed by atoms with Crippen LogP contribution in [-0.2, 0) is 0 Å². The molecule has 0 unspecified atom stereocenters. The maximum Gasteiger partial charge on any atom is 0.203 e. The van der Waals surface area contributed by atoms with E-state index in [1.807, 2.05) is 30.4 Å². The Hall–Kier alpha value is -2.36. The van der Waals surface area contributed by atoms with Crippen LogP contribution >= 0.6 is 0 Å². The average Bonchev–Trinajstić information content (AvgIpc) is 2.97. The van der Waals surface area contributed by atoms with Gasteiger partial charge >= 0.3 is 0 Å². The summed E-state index contributed by atoms with van der Waals surface area (Å²) in [6.45, 7) is 0. The lowest BCUT2D eigenvalue weighted by molar-refractivity contribution is 0.324. The summed E-state index contributed by atoms with van der Waals surface area (Å²) in [5.41, 5.74) is 1.95. The lowest BCUT2D eigenvalue weighted by Crippen LogP contribution is -1.95. The fourth-order valence-electron chi connectivity index (χ4n) is 1.76. The van der Waals surface area contributed by atoms with E-state index < -0.39 is 0 Å². The molecule has 4 nitrogen and oxygen atoms in total. The van der Waals surface area contributed by atoms with Crippen LogP contribution in [0.3, 0.4) is 0 Å². The second-order valence-electron chi connectivity index (χ2n) is 3.85. The molecule has 2 aromatic rings. The van der Waals surface area contributed by atoms with Gasteiger partial charge in [-0.15, -0.1) is 0 Å². The molecule has 2 rings (SSSR count). The number of hydrogen-bond acceptors (Lipinski definition) is 4. The largest absolute Gasteiger partial charge is 0.493 e. The molecule has 0 fully saturated rings. The van der Waals surface area contributed by atoms with Crippen LogP contribution in [0.25, 0.3) is 12.2 Å². The second kappa shape index (κ2) is 6.00. The molecule has 0 saturated heterocycles. The average molecular weight is 260 g/mol. The van der Waals surface area contributed by atoms with Gasteiger partial charge in [0.1, 0.15) is 0 Å². The van der Waals surface area contributed by atoms with Gasteiger partial charge in [0, 0.05) is 5.56 Å². The summed E-state index contributed by atoms with van der Waals surface area (Å²) < 4.78 is 20.9. The quantitative estimate of drug-likeness (QED) is 0.825. The fourth-order valence-corrected chi connectivity index (χ4v) is 1.76. The molecular formula is C15H16O4. The summed E-state index contributed by atoms with van der Waals surface area (Å²) in [5.74, 6) is 1.85. The van der Waals surface area contributed by atoms with Crippen molar-refractivity contribution in [2.24, 2.45) is 0 Å². The SMILES string of the molecule is COc1cc(/C=C\c2ccoc2)cc(OC)c1OC. The van der Waals surface area contributed by atoms with Gasteiger partial charge in [-0.2, -0.15) is 0 Å². The lowest BCUT2D eigenvalue weighted by Gasteiger charge is -2.12. The van der Waals surface area contributed by atoms with Gasteiger partial charge in [-0.25, -0.2) is 0 Å². The van der Waals surface area contributed by atoms with E-state index in [0.29, 0.717) is 17.2 Å². The second-order valence-corrected chi connectivity index (χ2v) is 3.85. The normalized spacial score (nSPS) is 10.7. The van der Waals surface area contributed by atoms with Crippen LogP contribution in [0.15, 0.2) is 35.1 Å². The maximum absolute atomic E-state index is 5.30. The number of hydrogen-bond donors (Lipinski definition) is 0. The van der Waals surface area contributed by atoms with E-state index >= 15 is 0 Å². The van der Waals surface area contributed by atoms with Crippen LogP contribution < -0.4 is 14.2 Å². The predicted octanol–water partition coefficient (Wildman–Crippen LogP) is 3.48. The van der Waals surface area contributed by atoms with E-state index in [1.54, 1.807) is 33.9 Å². The molecule has 0 spiro atoms. The first-order chi connectivity index (χ1) is 9.28. The molecule has 0 saturated carbocycles. The number of rotatable bonds is 5. The van der Waals surface area contributed by atoms with E-state index in [4.69, 9.17) is 18.6 Å². The van der Waals surface area contributed by atoms with E-state index in [2.05, 4.69) is 0 Å². The molecule has 0 aliphatic carbocycles. The van der Waals surface area contributed by atoms with Crippen molar-refractivity contribution in [3.8, 4) is 17.2 Å². The maximum atomic E-state index is 5.30. The minimum atomic E-state index is 0.588. The Labute approximate surface area is 112 Å². The van der Waals surface area contributed by atoms with E-state index in [1.165, 1.54) is 0 Å². The summed E-state index contributed by atoms with van der Waals surface area (Å²) in [7, 11) is 4.78. The highest BCUT2D eigenvalue weighted by atomic mass is 16.5. The Morgan fingerprint density at radius 1 is 0.895 bits per heavy atom. The van der Waals surface area contributed by atoms with Crippen molar-refractivity contribution in [2.45, 2.75) is 0 Å². The highest BCUT2D eigenvalue weighted by Gasteiger charge is 2.11. The Kier molecular flexibility index (Phi) is 4.13. The van der Waals surface area contributed by atoms with E-state index in [-0.39, 0.29) is 0 Å². The number of ether oxygens (including phenoxy) is 3. The van der Waals surface area contributed by atoms with Gasteiger partial charge < -0.3 is 18.6 Å². The molecule has 0 radical (unpaired) electrons. The first-order valence-electron chi connectivity index (χ1n) is 5.78. The Morgan fingerprint density at radius 3 is 2.00 bits per heavy atom. The predicted molar refractivity (Wildman–Crippen MR) is 73.7 cm³/mol. The molecular weight excluding hydrogens is 244 g/mol. The Bertz CT molecular complexity index is 531. The minimum absolute atomic E-state index is 0.588. The van der Waals surface area contributed by atoms with Crippen LogP contribution in [0.5, 0.6) is 17.2 Å². The fraction of sp³-hybridized carbons (Fsp3) is 0.200. The number of methoxy groups -OCH3 is 3. The molecule has 0 bridgehead atoms. The third kappa shape index (κ3) is 2.91. The minimum Gasteiger partial charge on any atom is -0.493 e. The highest BCUT2D eigenvalue weighted by molar-refractivity contribution is 5.72.